The van der Waals surface area contributed by atoms with Crippen molar-refractivity contribution in [2.45, 2.75) is 20.4 Å². The van der Waals surface area contributed by atoms with Gasteiger partial charge in [-0.3, -0.25) is 4.79 Å². The van der Waals surface area contributed by atoms with Crippen LogP contribution in [-0.2, 0) is 6.54 Å². The fourth-order valence-electron chi connectivity index (χ4n) is 3.45. The smallest absolute Gasteiger partial charge is 0.293 e. The standard InChI is InChI=1S/C22H17BrN6O2/c1-13-3-8-17(14(2)9-13)18-10-19-22(30)28(24-12-29(19)26-18)11-20-25-21(27-31-20)15-4-6-16(23)7-5-15/h3-10,12H,11H2,1-2H3. The Hall–Kier alpha value is -3.59. The number of aryl methyl sites for hydroxylation is 2. The summed E-state index contributed by atoms with van der Waals surface area (Å²) < 4.78 is 9.08. The Kier molecular flexibility index (Phi) is 4.74. The van der Waals surface area contributed by atoms with Crippen LogP contribution in [0.4, 0.5) is 0 Å². The van der Waals surface area contributed by atoms with Crippen molar-refractivity contribution in [1.82, 2.24) is 29.5 Å². The predicted molar refractivity (Wildman–Crippen MR) is 119 cm³/mol. The van der Waals surface area contributed by atoms with E-state index in [2.05, 4.69) is 42.3 Å². The number of nitrogens with zero attached hydrogens (tertiary/aromatic N) is 6. The van der Waals surface area contributed by atoms with Crippen molar-refractivity contribution in [1.29, 1.82) is 0 Å². The SMILES string of the molecule is Cc1ccc(-c2cc3c(=O)n(Cc4nc(-c5ccc(Br)cc5)no4)ncn3n2)c(C)c1. The van der Waals surface area contributed by atoms with Crippen molar-refractivity contribution < 1.29 is 4.52 Å². The van der Waals surface area contributed by atoms with E-state index in [1.165, 1.54) is 21.1 Å². The maximum atomic E-state index is 13.0. The molecule has 2 aromatic carbocycles. The van der Waals surface area contributed by atoms with Gasteiger partial charge in [0.25, 0.3) is 5.56 Å². The normalized spacial score (nSPS) is 11.3. The van der Waals surface area contributed by atoms with Crippen LogP contribution in [0.5, 0.6) is 0 Å². The van der Waals surface area contributed by atoms with E-state index in [9.17, 15) is 4.79 Å². The molecule has 3 aromatic heterocycles. The van der Waals surface area contributed by atoms with Crippen LogP contribution in [0.15, 0.2) is 68.6 Å². The first-order valence-electron chi connectivity index (χ1n) is 9.59. The number of hydrogen-bond donors (Lipinski definition) is 0. The Morgan fingerprint density at radius 3 is 2.65 bits per heavy atom. The van der Waals surface area contributed by atoms with E-state index >= 15 is 0 Å². The summed E-state index contributed by atoms with van der Waals surface area (Å²) in [7, 11) is 0. The Balaban J connectivity index is 1.47. The summed E-state index contributed by atoms with van der Waals surface area (Å²) in [4.78, 5) is 17.4. The van der Waals surface area contributed by atoms with Gasteiger partial charge in [-0.2, -0.15) is 15.2 Å². The molecule has 8 nitrogen and oxygen atoms in total. The second-order valence-electron chi connectivity index (χ2n) is 7.29. The molecule has 0 atom stereocenters. The number of fused-ring (bicyclic) bond motifs is 1. The minimum Gasteiger partial charge on any atom is -0.337 e. The first-order valence-corrected chi connectivity index (χ1v) is 10.4. The van der Waals surface area contributed by atoms with Gasteiger partial charge in [-0.15, -0.1) is 0 Å². The van der Waals surface area contributed by atoms with E-state index < -0.39 is 0 Å². The lowest BCUT2D eigenvalue weighted by molar-refractivity contribution is 0.362. The third-order valence-electron chi connectivity index (χ3n) is 5.00. The van der Waals surface area contributed by atoms with Gasteiger partial charge in [0.2, 0.25) is 11.7 Å². The van der Waals surface area contributed by atoms with Crippen molar-refractivity contribution in [3.8, 4) is 22.6 Å². The Morgan fingerprint density at radius 2 is 1.87 bits per heavy atom. The molecular weight excluding hydrogens is 460 g/mol. The summed E-state index contributed by atoms with van der Waals surface area (Å²) in [6, 6.07) is 15.5. The van der Waals surface area contributed by atoms with Gasteiger partial charge in [0.1, 0.15) is 18.4 Å². The van der Waals surface area contributed by atoms with E-state index in [0.717, 1.165) is 26.9 Å². The largest absolute Gasteiger partial charge is 0.337 e. The molecule has 0 fully saturated rings. The summed E-state index contributed by atoms with van der Waals surface area (Å²) >= 11 is 3.40. The molecule has 0 saturated carbocycles. The van der Waals surface area contributed by atoms with Gasteiger partial charge in [0.15, 0.2) is 0 Å². The molecule has 0 radical (unpaired) electrons. The predicted octanol–water partition coefficient (Wildman–Crippen LogP) is 4.04. The molecule has 5 rings (SSSR count). The molecule has 0 aliphatic carbocycles. The average molecular weight is 477 g/mol. The third kappa shape index (κ3) is 3.68. The monoisotopic (exact) mass is 476 g/mol. The number of halogens is 1. The maximum Gasteiger partial charge on any atom is 0.293 e. The molecule has 0 amide bonds. The molecule has 31 heavy (non-hydrogen) atoms. The zero-order chi connectivity index (χ0) is 21.5. The van der Waals surface area contributed by atoms with E-state index in [0.29, 0.717) is 17.2 Å². The second kappa shape index (κ2) is 7.59. The van der Waals surface area contributed by atoms with Crippen molar-refractivity contribution in [3.05, 3.63) is 86.7 Å². The van der Waals surface area contributed by atoms with Gasteiger partial charge in [0.05, 0.1) is 5.69 Å². The summed E-state index contributed by atoms with van der Waals surface area (Å²) in [5.41, 5.74) is 4.95. The van der Waals surface area contributed by atoms with Crippen LogP contribution in [0.2, 0.25) is 0 Å². The number of aromatic nitrogens is 6. The number of benzene rings is 2. The van der Waals surface area contributed by atoms with E-state index in [4.69, 9.17) is 4.52 Å². The molecule has 5 aromatic rings. The van der Waals surface area contributed by atoms with E-state index in [1.807, 2.05) is 50.2 Å². The summed E-state index contributed by atoms with van der Waals surface area (Å²) in [6.45, 7) is 4.15. The molecule has 3 heterocycles. The molecule has 0 bridgehead atoms. The molecule has 0 saturated heterocycles. The van der Waals surface area contributed by atoms with Gasteiger partial charge in [-0.1, -0.05) is 44.8 Å². The fraction of sp³-hybridized carbons (Fsp3) is 0.136. The molecule has 9 heteroatoms. The molecule has 0 aliphatic heterocycles. The molecule has 0 unspecified atom stereocenters. The lowest BCUT2D eigenvalue weighted by Crippen LogP contribution is -2.25. The zero-order valence-corrected chi connectivity index (χ0v) is 18.4. The summed E-state index contributed by atoms with van der Waals surface area (Å²) in [5, 5.41) is 12.7. The molecule has 154 valence electrons. The van der Waals surface area contributed by atoms with Crippen LogP contribution in [0, 0.1) is 13.8 Å². The highest BCUT2D eigenvalue weighted by Crippen LogP contribution is 2.23. The van der Waals surface area contributed by atoms with Crippen LogP contribution < -0.4 is 5.56 Å². The summed E-state index contributed by atoms with van der Waals surface area (Å²) in [5.74, 6) is 0.754. The highest BCUT2D eigenvalue weighted by molar-refractivity contribution is 9.10. The fourth-order valence-corrected chi connectivity index (χ4v) is 3.71. The zero-order valence-electron chi connectivity index (χ0n) is 16.8. The maximum absolute atomic E-state index is 13.0. The van der Waals surface area contributed by atoms with Crippen LogP contribution >= 0.6 is 15.9 Å². The molecular formula is C22H17BrN6O2. The van der Waals surface area contributed by atoms with Crippen LogP contribution in [0.3, 0.4) is 0 Å². The molecule has 0 spiro atoms. The van der Waals surface area contributed by atoms with Crippen molar-refractivity contribution in [2.75, 3.05) is 0 Å². The van der Waals surface area contributed by atoms with Gasteiger partial charge >= 0.3 is 0 Å². The topological polar surface area (TPSA) is 91.1 Å². The van der Waals surface area contributed by atoms with E-state index in [1.54, 1.807) is 6.07 Å². The Morgan fingerprint density at radius 1 is 1.06 bits per heavy atom. The van der Waals surface area contributed by atoms with Gasteiger partial charge < -0.3 is 4.52 Å². The van der Waals surface area contributed by atoms with Crippen molar-refractivity contribution >= 4 is 21.4 Å². The third-order valence-corrected chi connectivity index (χ3v) is 5.53. The van der Waals surface area contributed by atoms with Crippen LogP contribution in [0.1, 0.15) is 17.0 Å². The van der Waals surface area contributed by atoms with Gasteiger partial charge in [-0.25, -0.2) is 9.20 Å². The van der Waals surface area contributed by atoms with Gasteiger partial charge in [-0.05, 0) is 49.7 Å². The van der Waals surface area contributed by atoms with Crippen molar-refractivity contribution in [3.63, 3.8) is 0 Å². The Labute approximate surface area is 185 Å². The Bertz CT molecular complexity index is 1470. The van der Waals surface area contributed by atoms with Crippen molar-refractivity contribution in [2.24, 2.45) is 0 Å². The van der Waals surface area contributed by atoms with Crippen LogP contribution in [0.25, 0.3) is 28.2 Å². The minimum absolute atomic E-state index is 0.0724. The average Bonchev–Trinajstić information content (AvgIpc) is 3.38. The molecule has 0 aliphatic rings. The summed E-state index contributed by atoms with van der Waals surface area (Å²) in [6.07, 6.45) is 1.51. The molecule has 0 N–H and O–H groups in total. The second-order valence-corrected chi connectivity index (χ2v) is 8.21. The lowest BCUT2D eigenvalue weighted by Gasteiger charge is -2.02. The highest BCUT2D eigenvalue weighted by atomic mass is 79.9. The number of rotatable bonds is 4. The minimum atomic E-state index is -0.283. The highest BCUT2D eigenvalue weighted by Gasteiger charge is 2.14. The quantitative estimate of drug-likeness (QED) is 0.388. The first kappa shape index (κ1) is 19.4. The van der Waals surface area contributed by atoms with Crippen LogP contribution in [-0.4, -0.2) is 29.5 Å². The van der Waals surface area contributed by atoms with E-state index in [-0.39, 0.29) is 12.1 Å². The first-order chi connectivity index (χ1) is 15.0. The lowest BCUT2D eigenvalue weighted by atomic mass is 10.0. The number of hydrogen-bond acceptors (Lipinski definition) is 6. The van der Waals surface area contributed by atoms with Gasteiger partial charge in [0, 0.05) is 15.6 Å².